The van der Waals surface area contributed by atoms with Crippen LogP contribution in [0.25, 0.3) is 0 Å². The van der Waals surface area contributed by atoms with Gasteiger partial charge in [0, 0.05) is 6.54 Å². The molecule has 0 bridgehead atoms. The van der Waals surface area contributed by atoms with Crippen LogP contribution in [0.3, 0.4) is 0 Å². The minimum Gasteiger partial charge on any atom is -0.454 e. The maximum Gasteiger partial charge on any atom is 0.234 e. The zero-order valence-corrected chi connectivity index (χ0v) is 11.6. The molecular weight excluding hydrogens is 260 g/mol. The van der Waals surface area contributed by atoms with Gasteiger partial charge < -0.3 is 25.6 Å². The van der Waals surface area contributed by atoms with Gasteiger partial charge in [-0.15, -0.1) is 0 Å². The van der Waals surface area contributed by atoms with Crippen molar-refractivity contribution in [1.82, 2.24) is 5.32 Å². The van der Waals surface area contributed by atoms with Crippen molar-refractivity contribution in [3.63, 3.8) is 0 Å². The Balaban J connectivity index is 1.98. The van der Waals surface area contributed by atoms with Crippen molar-refractivity contribution in [2.24, 2.45) is 11.7 Å². The highest BCUT2D eigenvalue weighted by Gasteiger charge is 2.21. The standard InChI is InChI=1S/C14H20N2O4/c1-8(2)13(14(15)18)16-6-10(17)9-3-4-11-12(5-9)20-7-19-11/h3-5,8,10,13,16-17H,6-7H2,1-2H3,(H2,15,18). The predicted octanol–water partition coefficient (Wildman–Crippen LogP) is 0.548. The van der Waals surface area contributed by atoms with E-state index in [9.17, 15) is 9.90 Å². The molecule has 0 spiro atoms. The average Bonchev–Trinajstić information content (AvgIpc) is 2.84. The number of fused-ring (bicyclic) bond motifs is 1. The van der Waals surface area contributed by atoms with E-state index in [1.54, 1.807) is 18.2 Å². The molecule has 1 aliphatic rings. The third-order valence-electron chi connectivity index (χ3n) is 3.29. The fraction of sp³-hybridized carbons (Fsp3) is 0.500. The number of aliphatic hydroxyl groups is 1. The molecule has 20 heavy (non-hydrogen) atoms. The maximum atomic E-state index is 11.3. The summed E-state index contributed by atoms with van der Waals surface area (Å²) in [5, 5.41) is 13.1. The van der Waals surface area contributed by atoms with Gasteiger partial charge in [-0.05, 0) is 23.6 Å². The molecule has 0 aromatic heterocycles. The van der Waals surface area contributed by atoms with Gasteiger partial charge in [0.15, 0.2) is 11.5 Å². The number of hydrogen-bond donors (Lipinski definition) is 3. The molecule has 1 heterocycles. The van der Waals surface area contributed by atoms with E-state index in [1.807, 2.05) is 13.8 Å². The molecule has 0 saturated heterocycles. The SMILES string of the molecule is CC(C)C(NCC(O)c1ccc2c(c1)OCO2)C(N)=O. The fourth-order valence-electron chi connectivity index (χ4n) is 2.14. The van der Waals surface area contributed by atoms with Gasteiger partial charge in [0.05, 0.1) is 12.1 Å². The summed E-state index contributed by atoms with van der Waals surface area (Å²) in [5.41, 5.74) is 6.02. The van der Waals surface area contributed by atoms with Crippen LogP contribution in [0.15, 0.2) is 18.2 Å². The Morgan fingerprint density at radius 1 is 1.40 bits per heavy atom. The van der Waals surface area contributed by atoms with Crippen molar-refractivity contribution in [2.45, 2.75) is 26.0 Å². The lowest BCUT2D eigenvalue weighted by Gasteiger charge is -2.21. The van der Waals surface area contributed by atoms with Crippen LogP contribution in [0.2, 0.25) is 0 Å². The van der Waals surface area contributed by atoms with Crippen LogP contribution in [0.5, 0.6) is 11.5 Å². The summed E-state index contributed by atoms with van der Waals surface area (Å²) < 4.78 is 10.5. The minimum atomic E-state index is -0.745. The van der Waals surface area contributed by atoms with Gasteiger partial charge in [-0.1, -0.05) is 19.9 Å². The van der Waals surface area contributed by atoms with Gasteiger partial charge in [-0.25, -0.2) is 0 Å². The lowest BCUT2D eigenvalue weighted by molar-refractivity contribution is -0.121. The number of benzene rings is 1. The summed E-state index contributed by atoms with van der Waals surface area (Å²) >= 11 is 0. The smallest absolute Gasteiger partial charge is 0.234 e. The van der Waals surface area contributed by atoms with Crippen LogP contribution >= 0.6 is 0 Å². The van der Waals surface area contributed by atoms with E-state index in [0.29, 0.717) is 17.1 Å². The Morgan fingerprint density at radius 3 is 2.75 bits per heavy atom. The van der Waals surface area contributed by atoms with Gasteiger partial charge in [-0.2, -0.15) is 0 Å². The van der Waals surface area contributed by atoms with E-state index in [0.717, 1.165) is 0 Å². The molecule has 6 heteroatoms. The minimum absolute atomic E-state index is 0.0662. The van der Waals surface area contributed by atoms with E-state index < -0.39 is 18.1 Å². The van der Waals surface area contributed by atoms with E-state index in [4.69, 9.17) is 15.2 Å². The Bertz CT molecular complexity index is 490. The summed E-state index contributed by atoms with van der Waals surface area (Å²) in [5.74, 6) is 0.942. The van der Waals surface area contributed by atoms with Gasteiger partial charge >= 0.3 is 0 Å². The Morgan fingerprint density at radius 2 is 2.10 bits per heavy atom. The lowest BCUT2D eigenvalue weighted by Crippen LogP contribution is -2.46. The number of amides is 1. The maximum absolute atomic E-state index is 11.3. The van der Waals surface area contributed by atoms with Crippen molar-refractivity contribution in [2.75, 3.05) is 13.3 Å². The summed E-state index contributed by atoms with van der Waals surface area (Å²) in [7, 11) is 0. The highest BCUT2D eigenvalue weighted by Crippen LogP contribution is 2.34. The summed E-state index contributed by atoms with van der Waals surface area (Å²) in [4.78, 5) is 11.3. The first-order valence-corrected chi connectivity index (χ1v) is 6.59. The predicted molar refractivity (Wildman–Crippen MR) is 73.3 cm³/mol. The molecular formula is C14H20N2O4. The number of primary amides is 1. The number of hydrogen-bond acceptors (Lipinski definition) is 5. The van der Waals surface area contributed by atoms with Crippen LogP contribution in [0.1, 0.15) is 25.5 Å². The molecule has 6 nitrogen and oxygen atoms in total. The molecule has 1 amide bonds. The van der Waals surface area contributed by atoms with Crippen LogP contribution < -0.4 is 20.5 Å². The molecule has 0 saturated carbocycles. The van der Waals surface area contributed by atoms with Crippen molar-refractivity contribution < 1.29 is 19.4 Å². The Hall–Kier alpha value is -1.79. The normalized spacial score (nSPS) is 16.2. The van der Waals surface area contributed by atoms with Crippen molar-refractivity contribution >= 4 is 5.91 Å². The summed E-state index contributed by atoms with van der Waals surface area (Å²) in [6, 6.07) is 4.81. The molecule has 1 aromatic rings. The van der Waals surface area contributed by atoms with Crippen molar-refractivity contribution in [3.05, 3.63) is 23.8 Å². The number of nitrogens with two attached hydrogens (primary N) is 1. The van der Waals surface area contributed by atoms with Crippen molar-refractivity contribution in [3.8, 4) is 11.5 Å². The first-order chi connectivity index (χ1) is 9.49. The molecule has 2 unspecified atom stereocenters. The highest BCUT2D eigenvalue weighted by molar-refractivity contribution is 5.80. The summed E-state index contributed by atoms with van der Waals surface area (Å²) in [6.45, 7) is 4.24. The Kier molecular flexibility index (Phi) is 4.46. The largest absolute Gasteiger partial charge is 0.454 e. The second-order valence-electron chi connectivity index (χ2n) is 5.16. The summed E-state index contributed by atoms with van der Waals surface area (Å²) in [6.07, 6.45) is -0.745. The monoisotopic (exact) mass is 280 g/mol. The quantitative estimate of drug-likeness (QED) is 0.707. The molecule has 110 valence electrons. The molecule has 0 fully saturated rings. The first-order valence-electron chi connectivity index (χ1n) is 6.59. The third kappa shape index (κ3) is 3.20. The molecule has 1 aromatic carbocycles. The highest BCUT2D eigenvalue weighted by atomic mass is 16.7. The molecule has 1 aliphatic heterocycles. The number of rotatable bonds is 6. The van der Waals surface area contributed by atoms with Gasteiger partial charge in [0.2, 0.25) is 12.7 Å². The van der Waals surface area contributed by atoms with Gasteiger partial charge in [-0.3, -0.25) is 4.79 Å². The molecule has 0 radical (unpaired) electrons. The zero-order valence-electron chi connectivity index (χ0n) is 11.6. The Labute approximate surface area is 117 Å². The second-order valence-corrected chi connectivity index (χ2v) is 5.16. The first kappa shape index (κ1) is 14.6. The van der Waals surface area contributed by atoms with Crippen molar-refractivity contribution in [1.29, 1.82) is 0 Å². The number of nitrogens with one attached hydrogen (secondary N) is 1. The van der Waals surface area contributed by atoms with Crippen LogP contribution in [-0.4, -0.2) is 30.4 Å². The van der Waals surface area contributed by atoms with E-state index in [1.165, 1.54) is 0 Å². The van der Waals surface area contributed by atoms with E-state index >= 15 is 0 Å². The van der Waals surface area contributed by atoms with E-state index in [2.05, 4.69) is 5.32 Å². The number of carbonyl (C=O) groups is 1. The number of carbonyl (C=O) groups excluding carboxylic acids is 1. The molecule has 2 rings (SSSR count). The second kappa shape index (κ2) is 6.11. The van der Waals surface area contributed by atoms with Crippen LogP contribution in [-0.2, 0) is 4.79 Å². The molecule has 4 N–H and O–H groups in total. The third-order valence-corrected chi connectivity index (χ3v) is 3.29. The fourth-order valence-corrected chi connectivity index (χ4v) is 2.14. The number of aliphatic hydroxyl groups excluding tert-OH is 1. The van der Waals surface area contributed by atoms with E-state index in [-0.39, 0.29) is 19.3 Å². The molecule has 2 atom stereocenters. The lowest BCUT2D eigenvalue weighted by atomic mass is 10.0. The zero-order chi connectivity index (χ0) is 14.7. The van der Waals surface area contributed by atoms with Crippen LogP contribution in [0, 0.1) is 5.92 Å². The topological polar surface area (TPSA) is 93.8 Å². The van der Waals surface area contributed by atoms with Gasteiger partial charge in [0.25, 0.3) is 0 Å². The number of ether oxygens (including phenoxy) is 2. The molecule has 0 aliphatic carbocycles. The van der Waals surface area contributed by atoms with Gasteiger partial charge in [0.1, 0.15) is 0 Å². The van der Waals surface area contributed by atoms with Crippen LogP contribution in [0.4, 0.5) is 0 Å². The average molecular weight is 280 g/mol.